The van der Waals surface area contributed by atoms with Crippen molar-refractivity contribution in [2.45, 2.75) is 0 Å². The first-order valence-corrected chi connectivity index (χ1v) is 1.50. The topological polar surface area (TPSA) is 63.2 Å². The summed E-state index contributed by atoms with van der Waals surface area (Å²) in [7, 11) is 0. The van der Waals surface area contributed by atoms with Crippen LogP contribution in [0.1, 0.15) is 0 Å². The zero-order chi connectivity index (χ0) is 3.58. The maximum atomic E-state index is 8.44. The molecule has 0 unspecified atom stereocenters. The monoisotopic (exact) mass is 277 g/mol. The summed E-state index contributed by atoms with van der Waals surface area (Å²) in [5.74, 6) is 0. The van der Waals surface area contributed by atoms with Crippen molar-refractivity contribution in [3.05, 3.63) is 0 Å². The van der Waals surface area contributed by atoms with Crippen LogP contribution in [0.2, 0.25) is 0 Å². The first-order chi connectivity index (χ1) is 1.73. The Morgan fingerprint density at radius 1 is 1.40 bits per heavy atom. The van der Waals surface area contributed by atoms with Crippen molar-refractivity contribution in [2.24, 2.45) is 0 Å². The molecule has 0 aromatic heterocycles. The third kappa shape index (κ3) is 57.9. The summed E-state index contributed by atoms with van der Waals surface area (Å²) in [6, 6.07) is 0. The molecule has 0 aliphatic rings. The smallest absolute Gasteiger partial charge is 0.784 e. The van der Waals surface area contributed by atoms with Crippen molar-refractivity contribution in [3.8, 4) is 0 Å². The SMILES string of the molecule is O=S([O-])[O-].[Au+2]. The minimum atomic E-state index is -3.11. The van der Waals surface area contributed by atoms with E-state index in [4.69, 9.17) is 13.3 Å². The second-order valence-electron chi connectivity index (χ2n) is 0.204. The van der Waals surface area contributed by atoms with Gasteiger partial charge >= 0.3 is 22.4 Å². The molecule has 0 heterocycles. The Balaban J connectivity index is 0. The van der Waals surface area contributed by atoms with E-state index in [-0.39, 0.29) is 22.4 Å². The Labute approximate surface area is 47.4 Å². The molecule has 0 rings (SSSR count). The van der Waals surface area contributed by atoms with Crippen LogP contribution >= 0.6 is 0 Å². The van der Waals surface area contributed by atoms with Gasteiger partial charge in [-0.1, -0.05) is 0 Å². The van der Waals surface area contributed by atoms with Gasteiger partial charge < -0.3 is 9.11 Å². The third-order valence-corrected chi connectivity index (χ3v) is 0. The first-order valence-electron chi connectivity index (χ1n) is 0.500. The van der Waals surface area contributed by atoms with Crippen molar-refractivity contribution in [2.75, 3.05) is 0 Å². The second kappa shape index (κ2) is 4.81. The van der Waals surface area contributed by atoms with Crippen LogP contribution in [0.15, 0.2) is 0 Å². The molecule has 0 bridgehead atoms. The molecule has 0 saturated carbocycles. The molecule has 0 aliphatic heterocycles. The van der Waals surface area contributed by atoms with Crippen LogP contribution in [0, 0.1) is 0 Å². The molecule has 5 heteroatoms. The molecule has 0 aliphatic carbocycles. The fourth-order valence-corrected chi connectivity index (χ4v) is 0. The van der Waals surface area contributed by atoms with Crippen molar-refractivity contribution >= 4 is 11.4 Å². The number of rotatable bonds is 0. The molecule has 0 N–H and O–H groups in total. The van der Waals surface area contributed by atoms with E-state index >= 15 is 0 Å². The molecule has 0 atom stereocenters. The number of hydrogen-bond acceptors (Lipinski definition) is 3. The van der Waals surface area contributed by atoms with Gasteiger partial charge in [0.2, 0.25) is 0 Å². The van der Waals surface area contributed by atoms with Crippen LogP contribution in [0.4, 0.5) is 0 Å². The average molecular weight is 277 g/mol. The second-order valence-corrected chi connectivity index (χ2v) is 0.612. The summed E-state index contributed by atoms with van der Waals surface area (Å²) in [6.07, 6.45) is 0. The van der Waals surface area contributed by atoms with Crippen molar-refractivity contribution < 1.29 is 35.7 Å². The molecule has 35 valence electrons. The molecule has 0 fully saturated rings. The molecule has 0 saturated heterocycles. The van der Waals surface area contributed by atoms with Gasteiger partial charge in [-0.3, -0.25) is 4.21 Å². The summed E-state index contributed by atoms with van der Waals surface area (Å²) in [4.78, 5) is 0. The van der Waals surface area contributed by atoms with Gasteiger partial charge in [0.1, 0.15) is 0 Å². The first kappa shape index (κ1) is 9.26. The van der Waals surface area contributed by atoms with Crippen LogP contribution in [-0.4, -0.2) is 13.3 Å². The Morgan fingerprint density at radius 3 is 1.40 bits per heavy atom. The van der Waals surface area contributed by atoms with Gasteiger partial charge in [-0.05, 0) is 0 Å². The molecule has 0 aromatic carbocycles. The van der Waals surface area contributed by atoms with Gasteiger partial charge in [0.25, 0.3) is 0 Å². The van der Waals surface area contributed by atoms with Crippen molar-refractivity contribution in [1.29, 1.82) is 0 Å². The quantitative estimate of drug-likeness (QED) is 0.421. The van der Waals surface area contributed by atoms with Gasteiger partial charge in [-0.25, -0.2) is 0 Å². The summed E-state index contributed by atoms with van der Waals surface area (Å²) in [6.45, 7) is 0. The van der Waals surface area contributed by atoms with E-state index in [1.165, 1.54) is 0 Å². The summed E-state index contributed by atoms with van der Waals surface area (Å²) in [5, 5.41) is 0. The molecular weight excluding hydrogens is 277 g/mol. The van der Waals surface area contributed by atoms with E-state index in [9.17, 15) is 0 Å². The fraction of sp³-hybridized carbons (Fsp3) is 0. The summed E-state index contributed by atoms with van der Waals surface area (Å²) < 4.78 is 25.3. The summed E-state index contributed by atoms with van der Waals surface area (Å²) in [5.41, 5.74) is 0. The van der Waals surface area contributed by atoms with Gasteiger partial charge in [0, 0.05) is 0 Å². The summed E-state index contributed by atoms with van der Waals surface area (Å²) >= 11 is -3.11. The van der Waals surface area contributed by atoms with E-state index in [1.54, 1.807) is 0 Å². The van der Waals surface area contributed by atoms with Crippen molar-refractivity contribution in [1.82, 2.24) is 0 Å². The van der Waals surface area contributed by atoms with Crippen LogP contribution in [0.5, 0.6) is 0 Å². The zero-order valence-corrected chi connectivity index (χ0v) is 4.92. The fourth-order valence-electron chi connectivity index (χ4n) is 0. The molecule has 0 aromatic rings. The van der Waals surface area contributed by atoms with E-state index in [0.717, 1.165) is 0 Å². The number of hydrogen-bond donors (Lipinski definition) is 0. The van der Waals surface area contributed by atoms with Gasteiger partial charge in [0.05, 0.1) is 0 Å². The normalized spacial score (nSPS) is 7.00. The maximum Gasteiger partial charge on any atom is 2.00 e. The minimum absolute atomic E-state index is 0. The molecular formula is AuO3S. The van der Waals surface area contributed by atoms with Crippen LogP contribution < -0.4 is 0 Å². The van der Waals surface area contributed by atoms with E-state index in [0.29, 0.717) is 0 Å². The largest absolute Gasteiger partial charge is 2.00 e. The van der Waals surface area contributed by atoms with Crippen LogP contribution in [0.25, 0.3) is 0 Å². The Hall–Kier alpha value is 0.810. The van der Waals surface area contributed by atoms with Gasteiger partial charge in [-0.2, -0.15) is 0 Å². The molecule has 0 amide bonds. The minimum Gasteiger partial charge on any atom is -0.784 e. The maximum absolute atomic E-state index is 8.44. The van der Waals surface area contributed by atoms with Crippen LogP contribution in [0.3, 0.4) is 0 Å². The molecule has 5 heavy (non-hydrogen) atoms. The van der Waals surface area contributed by atoms with E-state index in [1.807, 2.05) is 0 Å². The molecule has 1 radical (unpaired) electrons. The molecule has 3 nitrogen and oxygen atoms in total. The Morgan fingerprint density at radius 2 is 1.40 bits per heavy atom. The van der Waals surface area contributed by atoms with Gasteiger partial charge in [-0.15, -0.1) is 11.4 Å². The Bertz CT molecular complexity index is 29.9. The van der Waals surface area contributed by atoms with E-state index < -0.39 is 11.4 Å². The Kier molecular flexibility index (Phi) is 8.91. The predicted octanol–water partition coefficient (Wildman–Crippen LogP) is -1.01. The van der Waals surface area contributed by atoms with Crippen LogP contribution in [-0.2, 0) is 33.7 Å². The van der Waals surface area contributed by atoms with Gasteiger partial charge in [0.15, 0.2) is 0 Å². The molecule has 0 spiro atoms. The standard InChI is InChI=1S/Au.H2O3S/c;1-4(2)3/h;(H2,1,2,3)/q+2;/p-2. The van der Waals surface area contributed by atoms with E-state index in [2.05, 4.69) is 0 Å². The predicted molar refractivity (Wildman–Crippen MR) is 9.70 cm³/mol. The zero-order valence-electron chi connectivity index (χ0n) is 1.93. The third-order valence-electron chi connectivity index (χ3n) is 0. The average Bonchev–Trinajstić information content (AvgIpc) is 0.811. The van der Waals surface area contributed by atoms with Crippen molar-refractivity contribution in [3.63, 3.8) is 0 Å².